The van der Waals surface area contributed by atoms with Crippen molar-refractivity contribution in [2.24, 2.45) is 4.99 Å². The number of benzene rings is 2. The molecular weight excluding hydrogens is 402 g/mol. The van der Waals surface area contributed by atoms with Crippen LogP contribution in [0.3, 0.4) is 0 Å². The highest BCUT2D eigenvalue weighted by molar-refractivity contribution is 6.30. The van der Waals surface area contributed by atoms with Crippen LogP contribution in [0.2, 0.25) is 5.02 Å². The normalized spacial score (nSPS) is 16.3. The summed E-state index contributed by atoms with van der Waals surface area (Å²) >= 11 is 6.18. The van der Waals surface area contributed by atoms with Gasteiger partial charge in [0, 0.05) is 50.4 Å². The summed E-state index contributed by atoms with van der Waals surface area (Å²) in [5.74, 6) is 1.45. The molecule has 8 heteroatoms. The van der Waals surface area contributed by atoms with Crippen LogP contribution < -0.4 is 25.6 Å². The monoisotopic (exact) mass is 429 g/mol. The lowest BCUT2D eigenvalue weighted by molar-refractivity contribution is 0.0963. The second-order valence-corrected chi connectivity index (χ2v) is 7.53. The molecular formula is C22H28ClN5O2. The molecule has 1 saturated heterocycles. The average molecular weight is 430 g/mol. The van der Waals surface area contributed by atoms with E-state index in [4.69, 9.17) is 16.3 Å². The van der Waals surface area contributed by atoms with Crippen molar-refractivity contribution >= 4 is 29.2 Å². The van der Waals surface area contributed by atoms with E-state index in [2.05, 4.69) is 25.8 Å². The molecule has 1 fully saturated rings. The Hall–Kier alpha value is -2.93. The number of hydrogen-bond donors (Lipinski definition) is 3. The van der Waals surface area contributed by atoms with Crippen LogP contribution in [0.5, 0.6) is 5.75 Å². The number of carbonyl (C=O) groups excluding carboxylic acids is 1. The number of aliphatic imine (C=N–C) groups is 1. The van der Waals surface area contributed by atoms with Crippen molar-refractivity contribution in [2.45, 2.75) is 19.0 Å². The third kappa shape index (κ3) is 5.36. The van der Waals surface area contributed by atoms with E-state index in [1.165, 1.54) is 0 Å². The minimum Gasteiger partial charge on any atom is -0.495 e. The summed E-state index contributed by atoms with van der Waals surface area (Å²) in [5, 5.41) is 10.1. The first kappa shape index (κ1) is 21.8. The molecule has 1 unspecified atom stereocenters. The summed E-state index contributed by atoms with van der Waals surface area (Å²) in [6, 6.07) is 13.5. The minimum absolute atomic E-state index is 0.0955. The van der Waals surface area contributed by atoms with Gasteiger partial charge in [-0.15, -0.1) is 0 Å². The molecule has 30 heavy (non-hydrogen) atoms. The van der Waals surface area contributed by atoms with Crippen molar-refractivity contribution in [3.63, 3.8) is 0 Å². The zero-order chi connectivity index (χ0) is 21.5. The number of guanidine groups is 1. The first-order valence-corrected chi connectivity index (χ1v) is 10.3. The summed E-state index contributed by atoms with van der Waals surface area (Å²) in [4.78, 5) is 18.4. The van der Waals surface area contributed by atoms with E-state index in [0.717, 1.165) is 42.5 Å². The number of carbonyl (C=O) groups is 1. The van der Waals surface area contributed by atoms with E-state index in [-0.39, 0.29) is 11.9 Å². The molecule has 1 aliphatic heterocycles. The maximum atomic E-state index is 11.8. The number of halogens is 1. The highest BCUT2D eigenvalue weighted by atomic mass is 35.5. The molecule has 1 amide bonds. The first-order valence-electron chi connectivity index (χ1n) is 9.90. The lowest BCUT2D eigenvalue weighted by Crippen LogP contribution is -2.44. The Morgan fingerprint density at radius 1 is 1.30 bits per heavy atom. The summed E-state index contributed by atoms with van der Waals surface area (Å²) in [6.07, 6.45) is 0.975. The molecule has 0 spiro atoms. The maximum absolute atomic E-state index is 11.8. The van der Waals surface area contributed by atoms with Crippen LogP contribution in [0.4, 0.5) is 5.69 Å². The largest absolute Gasteiger partial charge is 0.495 e. The molecule has 1 aliphatic rings. The summed E-state index contributed by atoms with van der Waals surface area (Å²) in [7, 11) is 5.05. The average Bonchev–Trinajstić information content (AvgIpc) is 3.24. The zero-order valence-corrected chi connectivity index (χ0v) is 18.3. The highest BCUT2D eigenvalue weighted by Gasteiger charge is 2.25. The van der Waals surface area contributed by atoms with E-state index >= 15 is 0 Å². The smallest absolute Gasteiger partial charge is 0.251 e. The van der Waals surface area contributed by atoms with Crippen molar-refractivity contribution in [3.05, 3.63) is 58.6 Å². The fourth-order valence-corrected chi connectivity index (χ4v) is 3.71. The van der Waals surface area contributed by atoms with E-state index in [0.29, 0.717) is 17.1 Å². The molecule has 0 aliphatic carbocycles. The minimum atomic E-state index is -0.0955. The van der Waals surface area contributed by atoms with Crippen LogP contribution in [-0.4, -0.2) is 52.2 Å². The Labute approximate surface area is 182 Å². The quantitative estimate of drug-likeness (QED) is 0.486. The molecule has 1 heterocycles. The van der Waals surface area contributed by atoms with E-state index in [1.54, 1.807) is 27.3 Å². The lowest BCUT2D eigenvalue weighted by Gasteiger charge is -2.22. The molecule has 3 N–H and O–H groups in total. The standard InChI is InChI=1S/C22H28ClN5O2/c1-24-21(29)16-6-4-5-15(11-16)13-26-22(25-2)27-18-9-10-28(14-18)19-12-17(23)7-8-20(19)30-3/h4-8,11-12,18H,9-10,13-14H2,1-3H3,(H,24,29)(H2,25,26,27). The van der Waals surface area contributed by atoms with E-state index in [1.807, 2.05) is 36.4 Å². The molecule has 0 bridgehead atoms. The van der Waals surface area contributed by atoms with Crippen LogP contribution in [0.15, 0.2) is 47.5 Å². The van der Waals surface area contributed by atoms with Gasteiger partial charge in [0.2, 0.25) is 0 Å². The molecule has 0 radical (unpaired) electrons. The molecule has 0 saturated carbocycles. The first-order chi connectivity index (χ1) is 14.5. The summed E-state index contributed by atoms with van der Waals surface area (Å²) < 4.78 is 5.49. The SMILES string of the molecule is CN=C(NCc1cccc(C(=O)NC)c1)NC1CCN(c2cc(Cl)ccc2OC)C1. The molecule has 1 atom stereocenters. The molecule has 7 nitrogen and oxygen atoms in total. The van der Waals surface area contributed by atoms with Crippen molar-refractivity contribution < 1.29 is 9.53 Å². The van der Waals surface area contributed by atoms with Gasteiger partial charge in [-0.1, -0.05) is 23.7 Å². The van der Waals surface area contributed by atoms with Crippen molar-refractivity contribution in [1.29, 1.82) is 0 Å². The van der Waals surface area contributed by atoms with Gasteiger partial charge in [-0.3, -0.25) is 9.79 Å². The van der Waals surface area contributed by atoms with Crippen LogP contribution in [0.25, 0.3) is 0 Å². The number of anilines is 1. The Balaban J connectivity index is 1.57. The zero-order valence-electron chi connectivity index (χ0n) is 17.5. The highest BCUT2D eigenvalue weighted by Crippen LogP contribution is 2.33. The van der Waals surface area contributed by atoms with Gasteiger partial charge in [-0.05, 0) is 42.3 Å². The Morgan fingerprint density at radius 3 is 2.87 bits per heavy atom. The van der Waals surface area contributed by atoms with Crippen LogP contribution in [0, 0.1) is 0 Å². The third-order valence-electron chi connectivity index (χ3n) is 5.11. The maximum Gasteiger partial charge on any atom is 0.251 e. The second kappa shape index (κ2) is 10.2. The Kier molecular flexibility index (Phi) is 7.41. The van der Waals surface area contributed by atoms with Gasteiger partial charge in [0.05, 0.1) is 12.8 Å². The molecule has 160 valence electrons. The topological polar surface area (TPSA) is 78.0 Å². The molecule has 3 rings (SSSR count). The third-order valence-corrected chi connectivity index (χ3v) is 5.35. The summed E-state index contributed by atoms with van der Waals surface area (Å²) in [5.41, 5.74) is 2.65. The fraction of sp³-hybridized carbons (Fsp3) is 0.364. The van der Waals surface area contributed by atoms with Crippen LogP contribution in [0.1, 0.15) is 22.3 Å². The Bertz CT molecular complexity index is 918. The van der Waals surface area contributed by atoms with Crippen LogP contribution in [-0.2, 0) is 6.54 Å². The fourth-order valence-electron chi connectivity index (χ4n) is 3.55. The number of hydrogen-bond acceptors (Lipinski definition) is 4. The predicted molar refractivity (Wildman–Crippen MR) is 122 cm³/mol. The molecule has 2 aromatic carbocycles. The van der Waals surface area contributed by atoms with Gasteiger partial charge in [0.1, 0.15) is 5.75 Å². The summed E-state index contributed by atoms with van der Waals surface area (Å²) in [6.45, 7) is 2.30. The predicted octanol–water partition coefficient (Wildman–Crippen LogP) is 2.65. The van der Waals surface area contributed by atoms with Gasteiger partial charge in [0.15, 0.2) is 5.96 Å². The number of methoxy groups -OCH3 is 1. The van der Waals surface area contributed by atoms with Gasteiger partial charge in [-0.25, -0.2) is 0 Å². The second-order valence-electron chi connectivity index (χ2n) is 7.10. The van der Waals surface area contributed by atoms with E-state index in [9.17, 15) is 4.79 Å². The number of nitrogens with zero attached hydrogens (tertiary/aromatic N) is 2. The van der Waals surface area contributed by atoms with Crippen molar-refractivity contribution in [1.82, 2.24) is 16.0 Å². The number of amides is 1. The van der Waals surface area contributed by atoms with Gasteiger partial charge < -0.3 is 25.6 Å². The number of ether oxygens (including phenoxy) is 1. The van der Waals surface area contributed by atoms with Gasteiger partial charge >= 0.3 is 0 Å². The van der Waals surface area contributed by atoms with E-state index < -0.39 is 0 Å². The lowest BCUT2D eigenvalue weighted by atomic mass is 10.1. The van der Waals surface area contributed by atoms with Crippen molar-refractivity contribution in [3.8, 4) is 5.75 Å². The van der Waals surface area contributed by atoms with Gasteiger partial charge in [0.25, 0.3) is 5.91 Å². The molecule has 0 aromatic heterocycles. The van der Waals surface area contributed by atoms with Gasteiger partial charge in [-0.2, -0.15) is 0 Å². The van der Waals surface area contributed by atoms with Crippen molar-refractivity contribution in [2.75, 3.05) is 39.2 Å². The van der Waals surface area contributed by atoms with Crippen LogP contribution >= 0.6 is 11.6 Å². The number of nitrogens with one attached hydrogen (secondary N) is 3. The number of rotatable bonds is 6. The Morgan fingerprint density at radius 2 is 2.13 bits per heavy atom. The molecule has 2 aromatic rings.